The van der Waals surface area contributed by atoms with Crippen LogP contribution < -0.4 is 20.3 Å². The molecule has 0 atom stereocenters. The van der Waals surface area contributed by atoms with Gasteiger partial charge in [0.25, 0.3) is 11.8 Å². The molecule has 2 heterocycles. The fourth-order valence-corrected chi connectivity index (χ4v) is 3.26. The van der Waals surface area contributed by atoms with E-state index in [2.05, 4.69) is 10.6 Å². The molecule has 0 bridgehead atoms. The van der Waals surface area contributed by atoms with Gasteiger partial charge >= 0.3 is 0 Å². The van der Waals surface area contributed by atoms with Crippen molar-refractivity contribution >= 4 is 28.9 Å². The van der Waals surface area contributed by atoms with Crippen LogP contribution in [0, 0.1) is 5.82 Å². The molecule has 2 N–H and O–H groups in total. The summed E-state index contributed by atoms with van der Waals surface area (Å²) in [7, 11) is 0. The Hall–Kier alpha value is -3.85. The van der Waals surface area contributed by atoms with Gasteiger partial charge in [0.05, 0.1) is 25.2 Å². The summed E-state index contributed by atoms with van der Waals surface area (Å²) in [5.41, 5.74) is 1.31. The SMILES string of the molecule is O=C(COc1cccc(NC(=O)c2ccco2)c1)Nc1ccc(N2CCOCC2)c(F)c1. The van der Waals surface area contributed by atoms with Crippen molar-refractivity contribution in [2.24, 2.45) is 0 Å². The van der Waals surface area contributed by atoms with Gasteiger partial charge in [0.1, 0.15) is 11.6 Å². The number of rotatable bonds is 7. The van der Waals surface area contributed by atoms with Gasteiger partial charge in [0.15, 0.2) is 12.4 Å². The third kappa shape index (κ3) is 5.44. The van der Waals surface area contributed by atoms with Crippen molar-refractivity contribution in [1.29, 1.82) is 0 Å². The third-order valence-electron chi connectivity index (χ3n) is 4.79. The zero-order chi connectivity index (χ0) is 22.3. The fraction of sp³-hybridized carbons (Fsp3) is 0.217. The third-order valence-corrected chi connectivity index (χ3v) is 4.79. The molecule has 3 aromatic rings. The van der Waals surface area contributed by atoms with Crippen molar-refractivity contribution in [3.63, 3.8) is 0 Å². The molecule has 2 amide bonds. The molecule has 32 heavy (non-hydrogen) atoms. The van der Waals surface area contributed by atoms with E-state index in [0.717, 1.165) is 0 Å². The molecule has 1 aromatic heterocycles. The van der Waals surface area contributed by atoms with Gasteiger partial charge in [-0.1, -0.05) is 6.07 Å². The Kier molecular flexibility index (Phi) is 6.66. The molecule has 1 fully saturated rings. The average molecular weight is 439 g/mol. The molecule has 0 aliphatic carbocycles. The lowest BCUT2D eigenvalue weighted by molar-refractivity contribution is -0.118. The largest absolute Gasteiger partial charge is 0.484 e. The summed E-state index contributed by atoms with van der Waals surface area (Å²) in [5, 5.41) is 5.30. The number of morpholine rings is 1. The van der Waals surface area contributed by atoms with Gasteiger partial charge in [-0.25, -0.2) is 4.39 Å². The zero-order valence-corrected chi connectivity index (χ0v) is 17.2. The summed E-state index contributed by atoms with van der Waals surface area (Å²) in [6.07, 6.45) is 1.41. The predicted molar refractivity (Wildman–Crippen MR) is 117 cm³/mol. The van der Waals surface area contributed by atoms with E-state index in [9.17, 15) is 14.0 Å². The fourth-order valence-electron chi connectivity index (χ4n) is 3.26. The molecule has 2 aromatic carbocycles. The van der Waals surface area contributed by atoms with Crippen molar-refractivity contribution in [2.45, 2.75) is 0 Å². The Morgan fingerprint density at radius 1 is 1.00 bits per heavy atom. The van der Waals surface area contributed by atoms with E-state index < -0.39 is 17.6 Å². The summed E-state index contributed by atoms with van der Waals surface area (Å²) in [5.74, 6) is -0.666. The lowest BCUT2D eigenvalue weighted by Crippen LogP contribution is -2.36. The van der Waals surface area contributed by atoms with Crippen molar-refractivity contribution in [3.05, 3.63) is 72.4 Å². The van der Waals surface area contributed by atoms with Crippen LogP contribution in [0.2, 0.25) is 0 Å². The molecule has 0 spiro atoms. The molecule has 8 nitrogen and oxygen atoms in total. The number of ether oxygens (including phenoxy) is 2. The molecule has 0 saturated carbocycles. The van der Waals surface area contributed by atoms with Gasteiger partial charge in [-0.15, -0.1) is 0 Å². The van der Waals surface area contributed by atoms with Gasteiger partial charge < -0.3 is 29.4 Å². The van der Waals surface area contributed by atoms with Crippen LogP contribution in [-0.4, -0.2) is 44.7 Å². The van der Waals surface area contributed by atoms with Crippen molar-refractivity contribution < 1.29 is 27.9 Å². The topological polar surface area (TPSA) is 93.0 Å². The van der Waals surface area contributed by atoms with Crippen LogP contribution in [0.5, 0.6) is 5.75 Å². The number of carbonyl (C=O) groups excluding carboxylic acids is 2. The maximum absolute atomic E-state index is 14.5. The number of furan rings is 1. The number of carbonyl (C=O) groups is 2. The predicted octanol–water partition coefficient (Wildman–Crippen LogP) is 3.53. The number of hydrogen-bond donors (Lipinski definition) is 2. The van der Waals surface area contributed by atoms with E-state index in [4.69, 9.17) is 13.9 Å². The Morgan fingerprint density at radius 3 is 2.56 bits per heavy atom. The van der Waals surface area contributed by atoms with Crippen LogP contribution in [0.3, 0.4) is 0 Å². The van der Waals surface area contributed by atoms with E-state index in [-0.39, 0.29) is 12.4 Å². The highest BCUT2D eigenvalue weighted by atomic mass is 19.1. The first-order valence-electron chi connectivity index (χ1n) is 10.1. The van der Waals surface area contributed by atoms with Gasteiger partial charge in [-0.3, -0.25) is 9.59 Å². The second kappa shape index (κ2) is 9.97. The minimum Gasteiger partial charge on any atom is -0.484 e. The summed E-state index contributed by atoms with van der Waals surface area (Å²) < 4.78 is 30.3. The van der Waals surface area contributed by atoms with Gasteiger partial charge in [-0.05, 0) is 42.5 Å². The van der Waals surface area contributed by atoms with E-state index in [1.807, 2.05) is 4.90 Å². The molecule has 4 rings (SSSR count). The summed E-state index contributed by atoms with van der Waals surface area (Å²) in [4.78, 5) is 26.2. The van der Waals surface area contributed by atoms with Crippen LogP contribution in [0.15, 0.2) is 65.3 Å². The molecule has 0 radical (unpaired) electrons. The van der Waals surface area contributed by atoms with Crippen molar-refractivity contribution in [3.8, 4) is 5.75 Å². The highest BCUT2D eigenvalue weighted by Crippen LogP contribution is 2.24. The number of nitrogens with zero attached hydrogens (tertiary/aromatic N) is 1. The Labute approximate surface area is 183 Å². The first-order valence-corrected chi connectivity index (χ1v) is 10.1. The standard InChI is InChI=1S/C23H22FN3O5/c24-19-14-17(6-7-20(19)27-8-11-30-12-9-27)25-22(28)15-32-18-4-1-3-16(13-18)26-23(29)21-5-2-10-31-21/h1-7,10,13-14H,8-9,11-12,15H2,(H,25,28)(H,26,29). The molecule has 9 heteroatoms. The first-order chi connectivity index (χ1) is 15.6. The zero-order valence-electron chi connectivity index (χ0n) is 17.2. The van der Waals surface area contributed by atoms with E-state index in [1.165, 1.54) is 12.3 Å². The average Bonchev–Trinajstić information content (AvgIpc) is 3.34. The maximum atomic E-state index is 14.5. The smallest absolute Gasteiger partial charge is 0.291 e. The lowest BCUT2D eigenvalue weighted by Gasteiger charge is -2.29. The molecule has 166 valence electrons. The highest BCUT2D eigenvalue weighted by Gasteiger charge is 2.16. The van der Waals surface area contributed by atoms with E-state index in [1.54, 1.807) is 48.5 Å². The molecule has 1 aliphatic heterocycles. The van der Waals surface area contributed by atoms with Crippen LogP contribution in [0.25, 0.3) is 0 Å². The quantitative estimate of drug-likeness (QED) is 0.585. The van der Waals surface area contributed by atoms with Gasteiger partial charge in [0.2, 0.25) is 0 Å². The first kappa shape index (κ1) is 21.4. The lowest BCUT2D eigenvalue weighted by atomic mass is 10.2. The second-order valence-corrected chi connectivity index (χ2v) is 7.06. The molecule has 0 unspecified atom stereocenters. The minimum atomic E-state index is -0.437. The van der Waals surface area contributed by atoms with Crippen molar-refractivity contribution in [1.82, 2.24) is 0 Å². The Bertz CT molecular complexity index is 1080. The number of benzene rings is 2. The van der Waals surface area contributed by atoms with Gasteiger partial charge in [0, 0.05) is 30.5 Å². The Balaban J connectivity index is 1.30. The van der Waals surface area contributed by atoms with Crippen LogP contribution in [0.4, 0.5) is 21.5 Å². The normalized spacial score (nSPS) is 13.5. The molecular weight excluding hydrogens is 417 g/mol. The molecular formula is C23H22FN3O5. The number of amides is 2. The van der Waals surface area contributed by atoms with E-state index in [0.29, 0.717) is 49.1 Å². The number of hydrogen-bond acceptors (Lipinski definition) is 6. The summed E-state index contributed by atoms with van der Waals surface area (Å²) in [6.45, 7) is 2.09. The van der Waals surface area contributed by atoms with Crippen LogP contribution >= 0.6 is 0 Å². The second-order valence-electron chi connectivity index (χ2n) is 7.06. The number of nitrogens with one attached hydrogen (secondary N) is 2. The monoisotopic (exact) mass is 439 g/mol. The highest BCUT2D eigenvalue weighted by molar-refractivity contribution is 6.02. The van der Waals surface area contributed by atoms with Crippen LogP contribution in [-0.2, 0) is 9.53 Å². The Morgan fingerprint density at radius 2 is 1.81 bits per heavy atom. The maximum Gasteiger partial charge on any atom is 0.291 e. The minimum absolute atomic E-state index is 0.183. The van der Waals surface area contributed by atoms with Gasteiger partial charge in [-0.2, -0.15) is 0 Å². The summed E-state index contributed by atoms with van der Waals surface area (Å²) in [6, 6.07) is 14.4. The van der Waals surface area contributed by atoms with E-state index >= 15 is 0 Å². The molecule has 1 aliphatic rings. The number of anilines is 3. The van der Waals surface area contributed by atoms with Crippen molar-refractivity contribution in [2.75, 3.05) is 48.4 Å². The van der Waals surface area contributed by atoms with Crippen LogP contribution in [0.1, 0.15) is 10.6 Å². The summed E-state index contributed by atoms with van der Waals surface area (Å²) >= 11 is 0. The number of halogens is 1. The molecule has 1 saturated heterocycles.